The summed E-state index contributed by atoms with van der Waals surface area (Å²) in [6.45, 7) is 9.19. The maximum absolute atomic E-state index is 5.47. The SMILES string of the molecule is CN=C(NCc1ncc(C)c(OC)c1C)N1CCCC(C)C1.I. The minimum absolute atomic E-state index is 0. The molecule has 1 saturated heterocycles. The average Bonchev–Trinajstić information content (AvgIpc) is 2.50. The van der Waals surface area contributed by atoms with E-state index in [1.54, 1.807) is 7.11 Å². The standard InChI is InChI=1S/C17H28N4O.HI/c1-12-7-6-8-21(11-12)17(18-4)20-10-15-14(3)16(22-5)13(2)9-19-15;/h9,12H,6-8,10-11H2,1-5H3,(H,18,20);1H. The summed E-state index contributed by atoms with van der Waals surface area (Å²) in [7, 11) is 3.55. The van der Waals surface area contributed by atoms with Gasteiger partial charge in [0.25, 0.3) is 0 Å². The Bertz CT molecular complexity index is 548. The molecule has 1 fully saturated rings. The van der Waals surface area contributed by atoms with Gasteiger partial charge in [0.1, 0.15) is 5.75 Å². The van der Waals surface area contributed by atoms with Crippen molar-refractivity contribution in [2.24, 2.45) is 10.9 Å². The summed E-state index contributed by atoms with van der Waals surface area (Å²) in [5, 5.41) is 3.45. The number of aryl methyl sites for hydroxylation is 1. The fraction of sp³-hybridized carbons (Fsp3) is 0.647. The molecule has 0 saturated carbocycles. The molecule has 1 N–H and O–H groups in total. The molecule has 23 heavy (non-hydrogen) atoms. The van der Waals surface area contributed by atoms with Gasteiger partial charge in [-0.3, -0.25) is 9.98 Å². The summed E-state index contributed by atoms with van der Waals surface area (Å²) in [5.74, 6) is 2.62. The summed E-state index contributed by atoms with van der Waals surface area (Å²) >= 11 is 0. The van der Waals surface area contributed by atoms with Gasteiger partial charge in [0.05, 0.1) is 19.3 Å². The first-order valence-electron chi connectivity index (χ1n) is 8.01. The van der Waals surface area contributed by atoms with E-state index in [9.17, 15) is 0 Å². The fourth-order valence-corrected chi connectivity index (χ4v) is 3.13. The minimum Gasteiger partial charge on any atom is -0.496 e. The van der Waals surface area contributed by atoms with Crippen molar-refractivity contribution < 1.29 is 4.74 Å². The highest BCUT2D eigenvalue weighted by Crippen LogP contribution is 2.24. The topological polar surface area (TPSA) is 49.8 Å². The van der Waals surface area contributed by atoms with Gasteiger partial charge in [0.2, 0.25) is 0 Å². The first-order valence-corrected chi connectivity index (χ1v) is 8.01. The lowest BCUT2D eigenvalue weighted by Crippen LogP contribution is -2.46. The number of pyridine rings is 1. The van der Waals surface area contributed by atoms with Gasteiger partial charge in [-0.15, -0.1) is 24.0 Å². The Kier molecular flexibility index (Phi) is 8.08. The van der Waals surface area contributed by atoms with E-state index >= 15 is 0 Å². The van der Waals surface area contributed by atoms with Crippen LogP contribution in [-0.2, 0) is 6.54 Å². The molecule has 0 radical (unpaired) electrons. The maximum atomic E-state index is 5.47. The van der Waals surface area contributed by atoms with Crippen molar-refractivity contribution in [3.63, 3.8) is 0 Å². The summed E-state index contributed by atoms with van der Waals surface area (Å²) in [5.41, 5.74) is 3.17. The lowest BCUT2D eigenvalue weighted by molar-refractivity contribution is 0.266. The van der Waals surface area contributed by atoms with E-state index in [0.717, 1.165) is 47.5 Å². The van der Waals surface area contributed by atoms with Crippen LogP contribution in [0.15, 0.2) is 11.2 Å². The molecule has 2 rings (SSSR count). The van der Waals surface area contributed by atoms with E-state index in [1.807, 2.05) is 20.2 Å². The van der Waals surface area contributed by atoms with Crippen molar-refractivity contribution in [2.45, 2.75) is 40.2 Å². The lowest BCUT2D eigenvalue weighted by atomic mass is 10.0. The highest BCUT2D eigenvalue weighted by molar-refractivity contribution is 14.0. The first kappa shape index (κ1) is 20.0. The zero-order valence-corrected chi connectivity index (χ0v) is 17.2. The van der Waals surface area contributed by atoms with Gasteiger partial charge in [0, 0.05) is 37.5 Å². The van der Waals surface area contributed by atoms with Crippen LogP contribution in [0.1, 0.15) is 36.6 Å². The Morgan fingerprint density at radius 1 is 1.48 bits per heavy atom. The van der Waals surface area contributed by atoms with Gasteiger partial charge < -0.3 is 15.0 Å². The van der Waals surface area contributed by atoms with E-state index in [2.05, 4.69) is 34.0 Å². The smallest absolute Gasteiger partial charge is 0.193 e. The van der Waals surface area contributed by atoms with Crippen molar-refractivity contribution >= 4 is 29.9 Å². The normalized spacial score (nSPS) is 18.4. The number of methoxy groups -OCH3 is 1. The second-order valence-electron chi connectivity index (χ2n) is 6.14. The molecule has 5 nitrogen and oxygen atoms in total. The molecule has 1 aliphatic heterocycles. The molecule has 0 amide bonds. The monoisotopic (exact) mass is 432 g/mol. The van der Waals surface area contributed by atoms with E-state index < -0.39 is 0 Å². The molecule has 1 atom stereocenters. The Labute approximate surface area is 156 Å². The van der Waals surface area contributed by atoms with Crippen molar-refractivity contribution in [3.05, 3.63) is 23.0 Å². The zero-order chi connectivity index (χ0) is 16.1. The van der Waals surface area contributed by atoms with Crippen LogP contribution in [0.4, 0.5) is 0 Å². The molecule has 130 valence electrons. The number of likely N-dealkylation sites (tertiary alicyclic amines) is 1. The molecule has 1 aliphatic rings. The van der Waals surface area contributed by atoms with Crippen LogP contribution in [0.2, 0.25) is 0 Å². The summed E-state index contributed by atoms with van der Waals surface area (Å²) in [4.78, 5) is 11.3. The molecule has 0 bridgehead atoms. The third kappa shape index (κ3) is 4.96. The number of nitrogens with one attached hydrogen (secondary N) is 1. The zero-order valence-electron chi connectivity index (χ0n) is 14.8. The second-order valence-corrected chi connectivity index (χ2v) is 6.14. The third-order valence-corrected chi connectivity index (χ3v) is 4.33. The Hall–Kier alpha value is -1.05. The van der Waals surface area contributed by atoms with Crippen molar-refractivity contribution in [1.29, 1.82) is 0 Å². The number of nitrogens with zero attached hydrogens (tertiary/aromatic N) is 3. The van der Waals surface area contributed by atoms with E-state index in [0.29, 0.717) is 6.54 Å². The summed E-state index contributed by atoms with van der Waals surface area (Å²) in [6.07, 6.45) is 4.41. The van der Waals surface area contributed by atoms with Crippen LogP contribution in [0, 0.1) is 19.8 Å². The molecular weight excluding hydrogens is 403 g/mol. The number of rotatable bonds is 3. The van der Waals surface area contributed by atoms with Crippen LogP contribution in [0.3, 0.4) is 0 Å². The number of piperidine rings is 1. The highest BCUT2D eigenvalue weighted by Gasteiger charge is 2.19. The molecule has 1 aromatic heterocycles. The number of aliphatic imine (C=N–C) groups is 1. The largest absolute Gasteiger partial charge is 0.496 e. The highest BCUT2D eigenvalue weighted by atomic mass is 127. The van der Waals surface area contributed by atoms with Crippen LogP contribution in [0.25, 0.3) is 0 Å². The second kappa shape index (κ2) is 9.30. The number of hydrogen-bond donors (Lipinski definition) is 1. The number of guanidine groups is 1. The molecule has 0 aromatic carbocycles. The predicted octanol–water partition coefficient (Wildman–Crippen LogP) is 3.13. The fourth-order valence-electron chi connectivity index (χ4n) is 3.13. The Morgan fingerprint density at radius 2 is 2.22 bits per heavy atom. The van der Waals surface area contributed by atoms with Gasteiger partial charge in [-0.2, -0.15) is 0 Å². The van der Waals surface area contributed by atoms with Gasteiger partial charge in [-0.25, -0.2) is 0 Å². The lowest BCUT2D eigenvalue weighted by Gasteiger charge is -2.33. The van der Waals surface area contributed by atoms with Crippen molar-refractivity contribution in [1.82, 2.24) is 15.2 Å². The van der Waals surface area contributed by atoms with Crippen molar-refractivity contribution in [3.8, 4) is 5.75 Å². The van der Waals surface area contributed by atoms with Gasteiger partial charge in [-0.1, -0.05) is 6.92 Å². The molecule has 6 heteroatoms. The number of halogens is 1. The average molecular weight is 432 g/mol. The third-order valence-electron chi connectivity index (χ3n) is 4.33. The molecule has 2 heterocycles. The number of hydrogen-bond acceptors (Lipinski definition) is 3. The van der Waals surface area contributed by atoms with Gasteiger partial charge >= 0.3 is 0 Å². The van der Waals surface area contributed by atoms with Crippen LogP contribution < -0.4 is 10.1 Å². The minimum atomic E-state index is 0. The van der Waals surface area contributed by atoms with E-state index in [-0.39, 0.29) is 24.0 Å². The predicted molar refractivity (Wildman–Crippen MR) is 106 cm³/mol. The number of aromatic nitrogens is 1. The quantitative estimate of drug-likeness (QED) is 0.453. The van der Waals surface area contributed by atoms with Crippen LogP contribution >= 0.6 is 24.0 Å². The molecule has 0 aliphatic carbocycles. The Morgan fingerprint density at radius 3 is 2.83 bits per heavy atom. The summed E-state index contributed by atoms with van der Waals surface area (Å²) < 4.78 is 5.47. The van der Waals surface area contributed by atoms with Crippen LogP contribution in [0.5, 0.6) is 5.75 Å². The van der Waals surface area contributed by atoms with Gasteiger partial charge in [0.15, 0.2) is 5.96 Å². The van der Waals surface area contributed by atoms with E-state index in [1.165, 1.54) is 12.8 Å². The first-order chi connectivity index (χ1) is 10.6. The van der Waals surface area contributed by atoms with E-state index in [4.69, 9.17) is 4.74 Å². The molecule has 0 spiro atoms. The molecule has 1 aromatic rings. The molecule has 1 unspecified atom stereocenters. The number of ether oxygens (including phenoxy) is 1. The maximum Gasteiger partial charge on any atom is 0.193 e. The molecular formula is C17H29IN4O. The van der Waals surface area contributed by atoms with Gasteiger partial charge in [-0.05, 0) is 32.6 Å². The Balaban J connectivity index is 0.00000264. The van der Waals surface area contributed by atoms with Crippen molar-refractivity contribution in [2.75, 3.05) is 27.2 Å². The van der Waals surface area contributed by atoms with Crippen LogP contribution in [-0.4, -0.2) is 43.1 Å². The summed E-state index contributed by atoms with van der Waals surface area (Å²) in [6, 6.07) is 0.